The van der Waals surface area contributed by atoms with Gasteiger partial charge in [0.2, 0.25) is 0 Å². The van der Waals surface area contributed by atoms with Gasteiger partial charge in [0, 0.05) is 43.9 Å². The van der Waals surface area contributed by atoms with Crippen molar-refractivity contribution in [1.29, 1.82) is 0 Å². The molecule has 2 aliphatic rings. The summed E-state index contributed by atoms with van der Waals surface area (Å²) in [6.07, 6.45) is 0.946. The summed E-state index contributed by atoms with van der Waals surface area (Å²) >= 11 is 0. The van der Waals surface area contributed by atoms with E-state index in [2.05, 4.69) is 22.0 Å². The van der Waals surface area contributed by atoms with Gasteiger partial charge in [0.1, 0.15) is 0 Å². The van der Waals surface area contributed by atoms with Crippen LogP contribution in [0.1, 0.15) is 49.4 Å². The van der Waals surface area contributed by atoms with E-state index in [0.717, 1.165) is 67.0 Å². The molecule has 2 heterocycles. The Kier molecular flexibility index (Phi) is 6.66. The van der Waals surface area contributed by atoms with Crippen molar-refractivity contribution in [3.63, 3.8) is 0 Å². The Bertz CT molecular complexity index is 982. The number of nitrogens with zero attached hydrogens (tertiary/aromatic N) is 2. The van der Waals surface area contributed by atoms with Crippen LogP contribution >= 0.6 is 0 Å². The van der Waals surface area contributed by atoms with Gasteiger partial charge >= 0.3 is 0 Å². The molecule has 2 aromatic rings. The third-order valence-corrected chi connectivity index (χ3v) is 7.25. The quantitative estimate of drug-likeness (QED) is 0.706. The van der Waals surface area contributed by atoms with Crippen LogP contribution in [0.25, 0.3) is 0 Å². The summed E-state index contributed by atoms with van der Waals surface area (Å²) in [7, 11) is 0. The Balaban J connectivity index is 1.21. The van der Waals surface area contributed by atoms with Gasteiger partial charge in [-0.2, -0.15) is 0 Å². The molecule has 0 saturated carbocycles. The Hall–Kier alpha value is -2.66. The normalized spacial score (nSPS) is 20.4. The molecule has 170 valence electrons. The van der Waals surface area contributed by atoms with Crippen LogP contribution in [-0.2, 0) is 0 Å². The first-order chi connectivity index (χ1) is 15.3. The van der Waals surface area contributed by atoms with Gasteiger partial charge in [-0.05, 0) is 86.9 Å². The van der Waals surface area contributed by atoms with Crippen LogP contribution in [0.2, 0.25) is 0 Å². The first-order valence-corrected chi connectivity index (χ1v) is 11.8. The van der Waals surface area contributed by atoms with Crippen molar-refractivity contribution in [2.75, 3.05) is 39.3 Å². The van der Waals surface area contributed by atoms with Crippen LogP contribution in [-0.4, -0.2) is 60.9 Å². The fraction of sp³-hybridized carbons (Fsp3) is 0.481. The lowest BCUT2D eigenvalue weighted by Crippen LogP contribution is -2.35. The summed E-state index contributed by atoms with van der Waals surface area (Å²) < 4.78 is 0. The van der Waals surface area contributed by atoms with Gasteiger partial charge in [-0.3, -0.25) is 9.59 Å². The predicted molar refractivity (Wildman–Crippen MR) is 128 cm³/mol. The minimum Gasteiger partial charge on any atom is -0.352 e. The Morgan fingerprint density at radius 2 is 1.53 bits per heavy atom. The highest BCUT2D eigenvalue weighted by Gasteiger charge is 2.41. The zero-order valence-electron chi connectivity index (χ0n) is 19.8. The van der Waals surface area contributed by atoms with Crippen molar-refractivity contribution in [1.82, 2.24) is 15.1 Å². The first kappa shape index (κ1) is 22.5. The third kappa shape index (κ3) is 4.73. The van der Waals surface area contributed by atoms with Crippen molar-refractivity contribution in [2.24, 2.45) is 11.8 Å². The third-order valence-electron chi connectivity index (χ3n) is 7.25. The number of nitrogens with one attached hydrogen (secondary N) is 1. The minimum atomic E-state index is 0.00652. The molecule has 32 heavy (non-hydrogen) atoms. The highest BCUT2D eigenvalue weighted by atomic mass is 16.2. The SMILES string of the molecule is Cc1ccc(C(=O)NCCCN2CC3CN(C(=O)c4c(C)cccc4C)CC3C2)cc1C. The number of likely N-dealkylation sites (tertiary alicyclic amines) is 2. The lowest BCUT2D eigenvalue weighted by molar-refractivity contribution is 0.0772. The standard InChI is InChI=1S/C27H35N3O2/c1-18-9-10-22(13-21(18)4)26(31)28-11-6-12-29-14-23-16-30(17-24(23)15-29)27(32)25-19(2)7-5-8-20(25)3/h5,7-10,13,23-24H,6,11-12,14-17H2,1-4H3,(H,28,31). The maximum Gasteiger partial charge on any atom is 0.254 e. The fourth-order valence-corrected chi connectivity index (χ4v) is 5.24. The number of carbonyl (C=O) groups excluding carboxylic acids is 2. The molecule has 2 atom stereocenters. The van der Waals surface area contributed by atoms with E-state index >= 15 is 0 Å². The maximum atomic E-state index is 13.1. The summed E-state index contributed by atoms with van der Waals surface area (Å²) in [5.74, 6) is 1.32. The molecule has 2 aromatic carbocycles. The van der Waals surface area contributed by atoms with Gasteiger partial charge in [0.05, 0.1) is 0 Å². The van der Waals surface area contributed by atoms with Crippen LogP contribution in [0.3, 0.4) is 0 Å². The number of hydrogen-bond donors (Lipinski definition) is 1. The Labute approximate surface area is 191 Å². The molecule has 0 aliphatic carbocycles. The van der Waals surface area contributed by atoms with E-state index in [1.54, 1.807) is 0 Å². The molecule has 0 spiro atoms. The van der Waals surface area contributed by atoms with Crippen LogP contribution in [0, 0.1) is 39.5 Å². The van der Waals surface area contributed by atoms with E-state index in [4.69, 9.17) is 0 Å². The molecule has 0 bridgehead atoms. The Morgan fingerprint density at radius 3 is 2.16 bits per heavy atom. The summed E-state index contributed by atoms with van der Waals surface area (Å²) in [6, 6.07) is 11.9. The van der Waals surface area contributed by atoms with Crippen LogP contribution < -0.4 is 5.32 Å². The molecule has 2 saturated heterocycles. The average Bonchev–Trinajstić information content (AvgIpc) is 3.31. The molecular formula is C27H35N3O2. The average molecular weight is 434 g/mol. The second-order valence-corrected chi connectivity index (χ2v) is 9.67. The van der Waals surface area contributed by atoms with Crippen molar-refractivity contribution in [3.05, 3.63) is 69.8 Å². The van der Waals surface area contributed by atoms with E-state index in [1.165, 1.54) is 5.56 Å². The number of rotatable bonds is 6. The van der Waals surface area contributed by atoms with Gasteiger partial charge in [-0.15, -0.1) is 0 Å². The van der Waals surface area contributed by atoms with Crippen LogP contribution in [0.15, 0.2) is 36.4 Å². The number of aryl methyl sites for hydroxylation is 4. The summed E-state index contributed by atoms with van der Waals surface area (Å²) in [5.41, 5.74) is 6.09. The smallest absolute Gasteiger partial charge is 0.254 e. The maximum absolute atomic E-state index is 13.1. The van der Waals surface area contributed by atoms with Gasteiger partial charge in [0.25, 0.3) is 11.8 Å². The lowest BCUT2D eigenvalue weighted by Gasteiger charge is -2.23. The predicted octanol–water partition coefficient (Wildman–Crippen LogP) is 3.74. The number of amides is 2. The Morgan fingerprint density at radius 1 is 0.875 bits per heavy atom. The molecule has 2 fully saturated rings. The van der Waals surface area contributed by atoms with Gasteiger partial charge in [-0.25, -0.2) is 0 Å². The number of carbonyl (C=O) groups is 2. The fourth-order valence-electron chi connectivity index (χ4n) is 5.24. The molecule has 2 unspecified atom stereocenters. The summed E-state index contributed by atoms with van der Waals surface area (Å²) in [4.78, 5) is 30.0. The molecule has 1 N–H and O–H groups in total. The van der Waals surface area contributed by atoms with Crippen molar-refractivity contribution in [2.45, 2.75) is 34.1 Å². The van der Waals surface area contributed by atoms with Crippen molar-refractivity contribution >= 4 is 11.8 Å². The molecular weight excluding hydrogens is 398 g/mol. The highest BCUT2D eigenvalue weighted by Crippen LogP contribution is 2.32. The zero-order valence-corrected chi connectivity index (χ0v) is 19.8. The minimum absolute atomic E-state index is 0.00652. The molecule has 5 heteroatoms. The zero-order chi connectivity index (χ0) is 22.8. The molecule has 0 radical (unpaired) electrons. The largest absolute Gasteiger partial charge is 0.352 e. The second-order valence-electron chi connectivity index (χ2n) is 9.67. The van der Waals surface area contributed by atoms with Crippen molar-refractivity contribution < 1.29 is 9.59 Å². The van der Waals surface area contributed by atoms with Crippen LogP contribution in [0.4, 0.5) is 0 Å². The van der Waals surface area contributed by atoms with E-state index < -0.39 is 0 Å². The second kappa shape index (κ2) is 9.45. The summed E-state index contributed by atoms with van der Waals surface area (Å²) in [6.45, 7) is 13.6. The molecule has 4 rings (SSSR count). The van der Waals surface area contributed by atoms with E-state index in [9.17, 15) is 9.59 Å². The number of benzene rings is 2. The first-order valence-electron chi connectivity index (χ1n) is 11.8. The van der Waals surface area contributed by atoms with E-state index in [-0.39, 0.29) is 11.8 Å². The number of fused-ring (bicyclic) bond motifs is 1. The van der Waals surface area contributed by atoms with Gasteiger partial charge in [0.15, 0.2) is 0 Å². The molecule has 0 aromatic heterocycles. The van der Waals surface area contributed by atoms with E-state index in [1.807, 2.05) is 57.2 Å². The van der Waals surface area contributed by atoms with Gasteiger partial charge < -0.3 is 15.1 Å². The van der Waals surface area contributed by atoms with E-state index in [0.29, 0.717) is 18.4 Å². The molecule has 2 aliphatic heterocycles. The van der Waals surface area contributed by atoms with Gasteiger partial charge in [-0.1, -0.05) is 24.3 Å². The summed E-state index contributed by atoms with van der Waals surface area (Å²) in [5, 5.41) is 3.05. The lowest BCUT2D eigenvalue weighted by atomic mass is 10.0. The van der Waals surface area contributed by atoms with Crippen molar-refractivity contribution in [3.8, 4) is 0 Å². The molecule has 2 amide bonds. The highest BCUT2D eigenvalue weighted by molar-refractivity contribution is 5.97. The monoisotopic (exact) mass is 433 g/mol. The topological polar surface area (TPSA) is 52.7 Å². The molecule has 5 nitrogen and oxygen atoms in total. The van der Waals surface area contributed by atoms with Crippen LogP contribution in [0.5, 0.6) is 0 Å². The number of hydrogen-bond acceptors (Lipinski definition) is 3.